The molecule has 6 nitrogen and oxygen atoms in total. The lowest BCUT2D eigenvalue weighted by Crippen LogP contribution is -1.91. The molecule has 1 aromatic rings. The number of nitro groups is 1. The molecule has 0 aliphatic carbocycles. The van der Waals surface area contributed by atoms with Crippen LogP contribution in [0.25, 0.3) is 0 Å². The quantitative estimate of drug-likeness (QED) is 0.379. The first-order valence-electron chi connectivity index (χ1n) is 3.16. The largest absolute Gasteiger partial charge is 0.504 e. The highest BCUT2D eigenvalue weighted by atomic mass is 16.6. The van der Waals surface area contributed by atoms with Gasteiger partial charge in [-0.2, -0.15) is 5.26 Å². The molecule has 6 heteroatoms. The predicted octanol–water partition coefficient (Wildman–Crippen LogP) is 0.878. The molecule has 13 heavy (non-hydrogen) atoms. The van der Waals surface area contributed by atoms with Gasteiger partial charge in [0.2, 0.25) is 0 Å². The molecule has 0 aliphatic heterocycles. The molecular weight excluding hydrogens is 176 g/mol. The Morgan fingerprint density at radius 1 is 1.38 bits per heavy atom. The Morgan fingerprint density at radius 3 is 2.38 bits per heavy atom. The Labute approximate surface area is 72.4 Å². The number of benzene rings is 1. The van der Waals surface area contributed by atoms with Crippen molar-refractivity contribution in [2.24, 2.45) is 0 Å². The maximum absolute atomic E-state index is 10.3. The van der Waals surface area contributed by atoms with Crippen molar-refractivity contribution in [3.63, 3.8) is 0 Å². The number of phenolic OH excluding ortho intramolecular Hbond substituents is 2. The fourth-order valence-corrected chi connectivity index (χ4v) is 0.806. The van der Waals surface area contributed by atoms with Crippen LogP contribution in [0.4, 0.5) is 5.69 Å². The van der Waals surface area contributed by atoms with E-state index >= 15 is 0 Å². The van der Waals surface area contributed by atoms with E-state index in [9.17, 15) is 10.1 Å². The van der Waals surface area contributed by atoms with Gasteiger partial charge in [0.1, 0.15) is 11.6 Å². The molecule has 0 radical (unpaired) electrons. The van der Waals surface area contributed by atoms with E-state index < -0.39 is 22.1 Å². The fourth-order valence-electron chi connectivity index (χ4n) is 0.806. The number of rotatable bonds is 1. The van der Waals surface area contributed by atoms with Crippen molar-refractivity contribution in [2.45, 2.75) is 0 Å². The number of hydrogen-bond acceptors (Lipinski definition) is 5. The van der Waals surface area contributed by atoms with Crippen molar-refractivity contribution in [1.29, 1.82) is 5.26 Å². The molecule has 66 valence electrons. The zero-order chi connectivity index (χ0) is 10.0. The zero-order valence-electron chi connectivity index (χ0n) is 6.26. The van der Waals surface area contributed by atoms with Crippen molar-refractivity contribution in [1.82, 2.24) is 0 Å². The second-order valence-electron chi connectivity index (χ2n) is 2.23. The minimum absolute atomic E-state index is 0.291. The van der Waals surface area contributed by atoms with Gasteiger partial charge >= 0.3 is 0 Å². The Bertz CT molecular complexity index is 408. The van der Waals surface area contributed by atoms with Crippen molar-refractivity contribution in [3.8, 4) is 17.6 Å². The van der Waals surface area contributed by atoms with E-state index in [1.54, 1.807) is 0 Å². The third-order valence-corrected chi connectivity index (χ3v) is 1.41. The Hall–Kier alpha value is -2.29. The van der Waals surface area contributed by atoms with Gasteiger partial charge in [-0.25, -0.2) is 0 Å². The molecule has 0 saturated heterocycles. The van der Waals surface area contributed by atoms with Crippen LogP contribution >= 0.6 is 0 Å². The number of phenols is 2. The van der Waals surface area contributed by atoms with Gasteiger partial charge in [0.05, 0.1) is 11.0 Å². The number of hydrogen-bond donors (Lipinski definition) is 2. The van der Waals surface area contributed by atoms with Crippen LogP contribution in [0.5, 0.6) is 11.5 Å². The van der Waals surface area contributed by atoms with Gasteiger partial charge in [-0.3, -0.25) is 10.1 Å². The average Bonchev–Trinajstić information content (AvgIpc) is 2.08. The first-order valence-corrected chi connectivity index (χ1v) is 3.16. The van der Waals surface area contributed by atoms with Crippen molar-refractivity contribution < 1.29 is 15.1 Å². The summed E-state index contributed by atoms with van der Waals surface area (Å²) in [6.07, 6.45) is 0. The van der Waals surface area contributed by atoms with Crippen molar-refractivity contribution >= 4 is 5.69 Å². The maximum Gasteiger partial charge on any atom is 0.291 e. The molecule has 0 aliphatic rings. The normalized spacial score (nSPS) is 9.15. The summed E-state index contributed by atoms with van der Waals surface area (Å²) in [5.74, 6) is -1.17. The summed E-state index contributed by atoms with van der Waals surface area (Å²) in [4.78, 5) is 9.50. The van der Waals surface area contributed by atoms with Crippen LogP contribution in [0.15, 0.2) is 12.1 Å². The van der Waals surface area contributed by atoms with E-state index in [0.29, 0.717) is 0 Å². The lowest BCUT2D eigenvalue weighted by molar-refractivity contribution is -0.385. The number of aromatic hydroxyl groups is 2. The third-order valence-electron chi connectivity index (χ3n) is 1.41. The second kappa shape index (κ2) is 2.98. The van der Waals surface area contributed by atoms with Crippen molar-refractivity contribution in [2.75, 3.05) is 0 Å². The lowest BCUT2D eigenvalue weighted by atomic mass is 10.2. The first kappa shape index (κ1) is 8.80. The topological polar surface area (TPSA) is 107 Å². The smallest absolute Gasteiger partial charge is 0.291 e. The van der Waals surface area contributed by atoms with Crippen LogP contribution in [0.2, 0.25) is 0 Å². The molecule has 0 atom stereocenters. The molecule has 0 spiro atoms. The molecule has 0 bridgehead atoms. The van der Waals surface area contributed by atoms with Gasteiger partial charge in [-0.05, 0) is 0 Å². The fraction of sp³-hybridized carbons (Fsp3) is 0. The van der Waals surface area contributed by atoms with Crippen LogP contribution in [0.3, 0.4) is 0 Å². The summed E-state index contributed by atoms with van der Waals surface area (Å²) in [6.45, 7) is 0. The molecule has 2 N–H and O–H groups in total. The van der Waals surface area contributed by atoms with Gasteiger partial charge in [-0.15, -0.1) is 0 Å². The van der Waals surface area contributed by atoms with Gasteiger partial charge in [-0.1, -0.05) is 0 Å². The third kappa shape index (κ3) is 1.49. The molecule has 0 fully saturated rings. The van der Waals surface area contributed by atoms with Crippen LogP contribution in [0, 0.1) is 21.4 Å². The number of nitro benzene ring substituents is 1. The van der Waals surface area contributed by atoms with E-state index in [1.807, 2.05) is 0 Å². The van der Waals surface area contributed by atoms with Gasteiger partial charge in [0, 0.05) is 6.07 Å². The zero-order valence-corrected chi connectivity index (χ0v) is 6.26. The van der Waals surface area contributed by atoms with Gasteiger partial charge in [0.15, 0.2) is 11.5 Å². The summed E-state index contributed by atoms with van der Waals surface area (Å²) in [5.41, 5.74) is -0.821. The van der Waals surface area contributed by atoms with Gasteiger partial charge in [0.25, 0.3) is 5.69 Å². The van der Waals surface area contributed by atoms with E-state index in [1.165, 1.54) is 6.07 Å². The summed E-state index contributed by atoms with van der Waals surface area (Å²) in [5, 5.41) is 36.6. The summed E-state index contributed by atoms with van der Waals surface area (Å²) in [7, 11) is 0. The minimum atomic E-state index is -0.808. The van der Waals surface area contributed by atoms with E-state index in [0.717, 1.165) is 12.1 Å². The molecule has 0 aromatic heterocycles. The molecule has 1 rings (SSSR count). The van der Waals surface area contributed by atoms with Crippen molar-refractivity contribution in [3.05, 3.63) is 27.8 Å². The summed E-state index contributed by atoms with van der Waals surface area (Å²) >= 11 is 0. The highest BCUT2D eigenvalue weighted by Crippen LogP contribution is 2.31. The molecule has 0 heterocycles. The average molecular weight is 180 g/mol. The van der Waals surface area contributed by atoms with Crippen LogP contribution in [-0.2, 0) is 0 Å². The van der Waals surface area contributed by atoms with Crippen LogP contribution in [0.1, 0.15) is 5.56 Å². The maximum atomic E-state index is 10.3. The molecule has 0 unspecified atom stereocenters. The SMILES string of the molecule is N#Cc1cc(O)c(O)cc1[N+](=O)[O-]. The van der Waals surface area contributed by atoms with E-state index in [4.69, 9.17) is 15.5 Å². The monoisotopic (exact) mass is 180 g/mol. The number of nitriles is 1. The predicted molar refractivity (Wildman–Crippen MR) is 41.1 cm³/mol. The lowest BCUT2D eigenvalue weighted by Gasteiger charge is -1.98. The van der Waals surface area contributed by atoms with Gasteiger partial charge < -0.3 is 10.2 Å². The number of nitrogens with zero attached hydrogens (tertiary/aromatic N) is 2. The Balaban J connectivity index is 3.44. The van der Waals surface area contributed by atoms with Crippen LogP contribution < -0.4 is 0 Å². The molecule has 0 saturated carbocycles. The molecular formula is C7H4N2O4. The molecule has 0 amide bonds. The second-order valence-corrected chi connectivity index (χ2v) is 2.23. The standard InChI is InChI=1S/C7H4N2O4/c8-3-4-1-6(10)7(11)2-5(4)9(12)13/h1-2,10-11H. The highest BCUT2D eigenvalue weighted by Gasteiger charge is 2.17. The summed E-state index contributed by atoms with van der Waals surface area (Å²) < 4.78 is 0. The Morgan fingerprint density at radius 2 is 1.92 bits per heavy atom. The van der Waals surface area contributed by atoms with E-state index in [2.05, 4.69) is 0 Å². The Kier molecular flexibility index (Phi) is 2.02. The van der Waals surface area contributed by atoms with E-state index in [-0.39, 0.29) is 5.56 Å². The highest BCUT2D eigenvalue weighted by molar-refractivity contribution is 5.57. The minimum Gasteiger partial charge on any atom is -0.504 e. The van der Waals surface area contributed by atoms with Crippen LogP contribution in [-0.4, -0.2) is 15.1 Å². The summed E-state index contributed by atoms with van der Waals surface area (Å²) in [6, 6.07) is 3.10. The molecule has 1 aromatic carbocycles. The first-order chi connectivity index (χ1) is 6.06.